The van der Waals surface area contributed by atoms with Crippen LogP contribution in [-0.4, -0.2) is 127 Å². The fraction of sp³-hybridized carbons (Fsp3) is 0.203. The van der Waals surface area contributed by atoms with Gasteiger partial charge in [-0.05, 0) is 197 Å². The SMILES string of the molecule is Cn1ncc2cc(NC(=O)Nc3ccc(Oc4ccnc(C(=O)NCCCn5ccnc5)c4)cc3)ccc21.Cn1ncc2cc(NC(=O)Nc3ccc(Oc4ccnc(C(=O)NCCN5CCCCC5)c4)cc3)ccc21.Cn1ncc2cc(NC(=O)Nc3ccc(Oc4ccnc(C(N)=O)c4C4CC4)cc3)ccc21. The van der Waals surface area contributed by atoms with Gasteiger partial charge in [0.1, 0.15) is 51.6 Å². The number of carbonyl (C=O) groups excluding carboxylic acids is 6. The van der Waals surface area contributed by atoms with Gasteiger partial charge in [0.15, 0.2) is 0 Å². The number of nitrogens with zero attached hydrogens (tertiary/aromatic N) is 12. The fourth-order valence-corrected chi connectivity index (χ4v) is 12.1. The van der Waals surface area contributed by atoms with Gasteiger partial charge in [-0.15, -0.1) is 0 Å². The van der Waals surface area contributed by atoms with Crippen LogP contribution in [0.4, 0.5) is 48.5 Å². The summed E-state index contributed by atoms with van der Waals surface area (Å²) in [6.45, 7) is 4.91. The number of ether oxygens (including phenoxy) is 3. The second-order valence-electron chi connectivity index (χ2n) is 25.8. The van der Waals surface area contributed by atoms with E-state index in [0.29, 0.717) is 87.4 Å². The molecule has 7 aromatic heterocycles. The number of aryl methyl sites for hydroxylation is 4. The molecule has 554 valence electrons. The Kier molecular flexibility index (Phi) is 23.3. The van der Waals surface area contributed by atoms with Gasteiger partial charge in [0.2, 0.25) is 0 Å². The molecule has 13 aromatic rings. The maximum Gasteiger partial charge on any atom is 0.323 e. The van der Waals surface area contributed by atoms with Gasteiger partial charge >= 0.3 is 18.1 Å². The number of benzene rings is 6. The van der Waals surface area contributed by atoms with E-state index in [9.17, 15) is 28.8 Å². The average Bonchev–Trinajstić information content (AvgIpc) is 1.64. The van der Waals surface area contributed by atoms with Crippen molar-refractivity contribution < 1.29 is 43.0 Å². The van der Waals surface area contributed by atoms with Gasteiger partial charge in [-0.2, -0.15) is 15.3 Å². The standard InChI is InChI=1S/C28H31N7O3.C27H26N8O3.C24H22N6O3/c1-34-26-10-7-22(17-20(26)19-31-34)33-28(37)32-21-5-8-23(9-6-21)38-24-11-12-29-25(18-24)27(36)30-13-16-35-14-3-2-4-15-35;1-34-25-8-5-21(15-19(25)17-31-34)33-27(37)32-20-3-6-22(7-4-20)38-23-9-11-29-24(16-23)26(36)30-10-2-13-35-14-12-28-18-35;1-30-19-9-6-17(12-15(19)13-27-30)29-24(32)28-16-4-7-18(8-5-16)33-20-10-11-26-22(23(25)31)21(20)14-2-3-14/h5-12,17-19H,2-4,13-16H2,1H3,(H,30,36)(H2,32,33,37);3-9,11-12,14-18H,2,10,13H2,1H3,(H,30,36)(H2,32,33,37);4-14H,2-3H2,1H3,(H2,25,31)(H2,28,29,32). The lowest BCUT2D eigenvalue weighted by Crippen LogP contribution is -2.37. The van der Waals surface area contributed by atoms with E-state index in [0.717, 1.165) is 83.7 Å². The molecular weight excluding hydrogens is 1390 g/mol. The number of urea groups is 3. The number of primary amides is 1. The molecule has 2 aliphatic rings. The molecule has 2 fully saturated rings. The highest BCUT2D eigenvalue weighted by Crippen LogP contribution is 2.46. The molecule has 1 saturated carbocycles. The van der Waals surface area contributed by atoms with Gasteiger partial charge in [0, 0.05) is 146 Å². The van der Waals surface area contributed by atoms with Gasteiger partial charge in [-0.1, -0.05) is 6.42 Å². The minimum Gasteiger partial charge on any atom is -0.457 e. The topological polar surface area (TPSA) is 366 Å². The van der Waals surface area contributed by atoms with E-state index in [1.165, 1.54) is 31.7 Å². The minimum absolute atomic E-state index is 0.222. The van der Waals surface area contributed by atoms with Crippen molar-refractivity contribution in [2.24, 2.45) is 26.9 Å². The summed E-state index contributed by atoms with van der Waals surface area (Å²) in [6.07, 6.45) is 21.7. The lowest BCUT2D eigenvalue weighted by molar-refractivity contribution is 0.0935. The van der Waals surface area contributed by atoms with Crippen LogP contribution in [0, 0.1) is 0 Å². The summed E-state index contributed by atoms with van der Waals surface area (Å²) in [4.78, 5) is 92.8. The van der Waals surface area contributed by atoms with Gasteiger partial charge in [0.25, 0.3) is 17.7 Å². The van der Waals surface area contributed by atoms with E-state index in [-0.39, 0.29) is 47.2 Å². The van der Waals surface area contributed by atoms with Crippen LogP contribution < -0.4 is 62.5 Å². The highest BCUT2D eigenvalue weighted by Gasteiger charge is 2.32. The van der Waals surface area contributed by atoms with Crippen molar-refractivity contribution in [1.29, 1.82) is 0 Å². The summed E-state index contributed by atoms with van der Waals surface area (Å²) >= 11 is 0. The molecule has 0 spiro atoms. The lowest BCUT2D eigenvalue weighted by atomic mass is 10.1. The molecule has 9 amide bonds. The Labute approximate surface area is 625 Å². The summed E-state index contributed by atoms with van der Waals surface area (Å²) in [5.41, 5.74) is 13.9. The van der Waals surface area contributed by atoms with E-state index < -0.39 is 5.91 Å². The Morgan fingerprint density at radius 2 is 0.872 bits per heavy atom. The molecule has 0 radical (unpaired) electrons. The Bertz CT molecular complexity index is 5370. The van der Waals surface area contributed by atoms with Crippen LogP contribution in [0.5, 0.6) is 34.5 Å². The number of fused-ring (bicyclic) bond motifs is 3. The molecule has 1 aliphatic heterocycles. The van der Waals surface area contributed by atoms with Crippen molar-refractivity contribution in [3.8, 4) is 34.5 Å². The maximum atomic E-state index is 12.5. The zero-order valence-electron chi connectivity index (χ0n) is 59.9. The number of nitrogens with one attached hydrogen (secondary N) is 8. The number of aromatic nitrogens is 11. The molecule has 6 aromatic carbocycles. The molecule has 30 nitrogen and oxygen atoms in total. The quantitative estimate of drug-likeness (QED) is 0.0269. The Morgan fingerprint density at radius 1 is 0.450 bits per heavy atom. The van der Waals surface area contributed by atoms with Gasteiger partial charge < -0.3 is 71.9 Å². The molecule has 8 heterocycles. The highest BCUT2D eigenvalue weighted by atomic mass is 16.5. The Balaban J connectivity index is 0.000000144. The van der Waals surface area contributed by atoms with Crippen molar-refractivity contribution in [1.82, 2.24) is 69.4 Å². The van der Waals surface area contributed by atoms with Crippen molar-refractivity contribution >= 4 is 103 Å². The first-order chi connectivity index (χ1) is 53.0. The smallest absolute Gasteiger partial charge is 0.323 e. The number of piperidine rings is 1. The molecule has 10 N–H and O–H groups in total. The summed E-state index contributed by atoms with van der Waals surface area (Å²) in [6, 6.07) is 44.9. The molecule has 0 unspecified atom stereocenters. The Morgan fingerprint density at radius 3 is 1.30 bits per heavy atom. The first kappa shape index (κ1) is 73.3. The van der Waals surface area contributed by atoms with Crippen LogP contribution in [0.2, 0.25) is 0 Å². The van der Waals surface area contributed by atoms with Gasteiger partial charge in [0.05, 0.1) is 41.5 Å². The van der Waals surface area contributed by atoms with Crippen LogP contribution in [0.25, 0.3) is 32.7 Å². The number of nitrogens with two attached hydrogens (primary N) is 1. The summed E-state index contributed by atoms with van der Waals surface area (Å²) in [5, 5.41) is 38.1. The Hall–Kier alpha value is -14.0. The van der Waals surface area contributed by atoms with E-state index >= 15 is 0 Å². The van der Waals surface area contributed by atoms with Crippen molar-refractivity contribution in [3.63, 3.8) is 0 Å². The number of hydrogen-bond donors (Lipinski definition) is 9. The number of anilines is 6. The van der Waals surface area contributed by atoms with E-state index in [1.807, 2.05) is 86.5 Å². The summed E-state index contributed by atoms with van der Waals surface area (Å²) in [7, 11) is 5.61. The minimum atomic E-state index is -0.560. The zero-order valence-corrected chi connectivity index (χ0v) is 59.9. The predicted octanol–water partition coefficient (Wildman–Crippen LogP) is 13.4. The van der Waals surface area contributed by atoms with Crippen molar-refractivity contribution in [2.45, 2.75) is 51.0 Å². The number of rotatable bonds is 23. The molecule has 0 atom stereocenters. The molecule has 1 aliphatic carbocycles. The number of imidazole rings is 1. The molecule has 1 saturated heterocycles. The van der Waals surface area contributed by atoms with E-state index in [2.05, 4.69) is 82.7 Å². The third kappa shape index (κ3) is 20.1. The second-order valence-corrected chi connectivity index (χ2v) is 25.8. The summed E-state index contributed by atoms with van der Waals surface area (Å²) in [5.74, 6) is 2.45. The zero-order chi connectivity index (χ0) is 75.6. The lowest BCUT2D eigenvalue weighted by Gasteiger charge is -2.26. The molecule has 109 heavy (non-hydrogen) atoms. The molecule has 0 bridgehead atoms. The predicted molar refractivity (Wildman–Crippen MR) is 415 cm³/mol. The summed E-state index contributed by atoms with van der Waals surface area (Å²) < 4.78 is 25.1. The number of pyridine rings is 3. The van der Waals surface area contributed by atoms with E-state index in [1.54, 1.807) is 154 Å². The first-order valence-electron chi connectivity index (χ1n) is 35.3. The van der Waals surface area contributed by atoms with Crippen molar-refractivity contribution in [3.05, 3.63) is 236 Å². The van der Waals surface area contributed by atoms with Crippen LogP contribution in [0.3, 0.4) is 0 Å². The number of carbonyl (C=O) groups is 6. The van der Waals surface area contributed by atoms with Crippen LogP contribution in [0.15, 0.2) is 214 Å². The number of likely N-dealkylation sites (tertiary alicyclic amines) is 1. The third-order valence-corrected chi connectivity index (χ3v) is 17.7. The number of hydrogen-bond acceptors (Lipinski definition) is 17. The highest BCUT2D eigenvalue weighted by molar-refractivity contribution is 6.03. The normalized spacial score (nSPS) is 12.5. The van der Waals surface area contributed by atoms with Crippen LogP contribution >= 0.6 is 0 Å². The third-order valence-electron chi connectivity index (χ3n) is 17.7. The first-order valence-corrected chi connectivity index (χ1v) is 35.3. The van der Waals surface area contributed by atoms with Crippen LogP contribution in [0.1, 0.15) is 81.5 Å². The van der Waals surface area contributed by atoms with Gasteiger partial charge in [-0.3, -0.25) is 43.4 Å². The second kappa shape index (κ2) is 34.7. The van der Waals surface area contributed by atoms with Crippen LogP contribution in [-0.2, 0) is 27.7 Å². The molecule has 30 heteroatoms. The molecule has 15 rings (SSSR count). The average molecular weight is 1470 g/mol. The fourth-order valence-electron chi connectivity index (χ4n) is 12.1. The van der Waals surface area contributed by atoms with E-state index in [4.69, 9.17) is 19.9 Å². The van der Waals surface area contributed by atoms with Crippen molar-refractivity contribution in [2.75, 3.05) is 64.6 Å². The molecular formula is C79H79N21O9. The monoisotopic (exact) mass is 1470 g/mol. The number of amides is 9. The largest absolute Gasteiger partial charge is 0.457 e. The van der Waals surface area contributed by atoms with Gasteiger partial charge in [-0.25, -0.2) is 19.4 Å². The maximum absolute atomic E-state index is 12.5.